The number of anilines is 2. The molecular formula is C18H29N5O2. The highest BCUT2D eigenvalue weighted by Gasteiger charge is 2.30. The van der Waals surface area contributed by atoms with Gasteiger partial charge in [-0.15, -0.1) is 0 Å². The van der Waals surface area contributed by atoms with E-state index in [1.165, 1.54) is 19.0 Å². The van der Waals surface area contributed by atoms with Crippen molar-refractivity contribution in [2.75, 3.05) is 17.7 Å². The maximum absolute atomic E-state index is 11.7. The van der Waals surface area contributed by atoms with Crippen LogP contribution in [0.15, 0.2) is 6.20 Å². The first-order chi connectivity index (χ1) is 12.0. The van der Waals surface area contributed by atoms with E-state index in [1.54, 1.807) is 7.11 Å². The highest BCUT2D eigenvalue weighted by Crippen LogP contribution is 2.33. The number of rotatable bonds is 6. The zero-order valence-corrected chi connectivity index (χ0v) is 15.2. The van der Waals surface area contributed by atoms with Crippen LogP contribution in [0, 0.1) is 0 Å². The molecule has 2 aliphatic rings. The van der Waals surface area contributed by atoms with Gasteiger partial charge in [-0.2, -0.15) is 4.98 Å². The maximum Gasteiger partial charge on any atom is 0.254 e. The topological polar surface area (TPSA) is 102 Å². The predicted molar refractivity (Wildman–Crippen MR) is 97.7 cm³/mol. The van der Waals surface area contributed by atoms with E-state index < -0.39 is 5.91 Å². The van der Waals surface area contributed by atoms with Crippen molar-refractivity contribution in [1.29, 1.82) is 0 Å². The van der Waals surface area contributed by atoms with Gasteiger partial charge < -0.3 is 21.1 Å². The second kappa shape index (κ2) is 7.56. The Labute approximate surface area is 149 Å². The van der Waals surface area contributed by atoms with Crippen LogP contribution in [0.4, 0.5) is 11.8 Å². The van der Waals surface area contributed by atoms with Crippen LogP contribution in [0.25, 0.3) is 0 Å². The summed E-state index contributed by atoms with van der Waals surface area (Å²) in [5.41, 5.74) is 5.82. The molecule has 2 fully saturated rings. The molecule has 1 aromatic rings. The second-order valence-corrected chi connectivity index (χ2v) is 7.57. The first-order valence-corrected chi connectivity index (χ1v) is 9.23. The highest BCUT2D eigenvalue weighted by atomic mass is 16.5. The molecule has 4 N–H and O–H groups in total. The maximum atomic E-state index is 11.7. The molecule has 0 atom stereocenters. The van der Waals surface area contributed by atoms with Crippen LogP contribution in [-0.2, 0) is 4.74 Å². The van der Waals surface area contributed by atoms with Crippen LogP contribution in [0.2, 0.25) is 0 Å². The molecule has 2 aliphatic carbocycles. The molecule has 3 rings (SSSR count). The van der Waals surface area contributed by atoms with Crippen LogP contribution in [0.5, 0.6) is 0 Å². The molecule has 2 saturated carbocycles. The van der Waals surface area contributed by atoms with E-state index in [-0.39, 0.29) is 5.54 Å². The van der Waals surface area contributed by atoms with E-state index in [2.05, 4.69) is 27.5 Å². The zero-order chi connectivity index (χ0) is 17.9. The van der Waals surface area contributed by atoms with Gasteiger partial charge in [0.1, 0.15) is 5.82 Å². The number of ether oxygens (including phenoxy) is 1. The minimum absolute atomic E-state index is 0.0354. The lowest BCUT2D eigenvalue weighted by atomic mass is 9.93. The van der Waals surface area contributed by atoms with Gasteiger partial charge in [-0.1, -0.05) is 12.8 Å². The number of hydrogen-bond donors (Lipinski definition) is 3. The third-order valence-corrected chi connectivity index (χ3v) is 5.52. The van der Waals surface area contributed by atoms with Crippen molar-refractivity contribution in [3.8, 4) is 0 Å². The lowest BCUT2D eigenvalue weighted by molar-refractivity contribution is 0.0681. The van der Waals surface area contributed by atoms with E-state index >= 15 is 0 Å². The summed E-state index contributed by atoms with van der Waals surface area (Å²) in [5, 5.41) is 6.85. The monoisotopic (exact) mass is 347 g/mol. The predicted octanol–water partition coefficient (Wildman–Crippen LogP) is 2.69. The fourth-order valence-electron chi connectivity index (χ4n) is 3.92. The van der Waals surface area contributed by atoms with Crippen LogP contribution in [0.3, 0.4) is 0 Å². The van der Waals surface area contributed by atoms with Gasteiger partial charge in [-0.05, 0) is 45.4 Å². The summed E-state index contributed by atoms with van der Waals surface area (Å²) in [4.78, 5) is 20.6. The molecule has 7 nitrogen and oxygen atoms in total. The Kier molecular flexibility index (Phi) is 5.42. The zero-order valence-electron chi connectivity index (χ0n) is 15.2. The summed E-state index contributed by atoms with van der Waals surface area (Å²) in [6, 6.07) is 0.334. The Morgan fingerprint density at radius 3 is 2.56 bits per heavy atom. The summed E-state index contributed by atoms with van der Waals surface area (Å²) >= 11 is 0. The molecular weight excluding hydrogens is 318 g/mol. The number of aromatic nitrogens is 2. The summed E-state index contributed by atoms with van der Waals surface area (Å²) in [7, 11) is 1.77. The Balaban J connectivity index is 1.72. The number of hydrogen-bond acceptors (Lipinski definition) is 6. The number of nitrogens with one attached hydrogen (secondary N) is 2. The molecule has 0 radical (unpaired) electrons. The van der Waals surface area contributed by atoms with Crippen molar-refractivity contribution in [2.24, 2.45) is 5.73 Å². The van der Waals surface area contributed by atoms with Crippen LogP contribution < -0.4 is 16.4 Å². The first-order valence-electron chi connectivity index (χ1n) is 9.23. The van der Waals surface area contributed by atoms with Crippen molar-refractivity contribution in [2.45, 2.75) is 76.0 Å². The number of carbonyl (C=O) groups is 1. The van der Waals surface area contributed by atoms with Crippen LogP contribution in [-0.4, -0.2) is 40.7 Å². The third-order valence-electron chi connectivity index (χ3n) is 5.52. The summed E-state index contributed by atoms with van der Waals surface area (Å²) in [6.45, 7) is 2.17. The molecule has 1 heterocycles. The first kappa shape index (κ1) is 17.9. The molecule has 7 heteroatoms. The molecule has 0 aliphatic heterocycles. The fraction of sp³-hybridized carbons (Fsp3) is 0.722. The minimum Gasteiger partial charge on any atom is -0.381 e. The molecule has 0 unspecified atom stereocenters. The smallest absolute Gasteiger partial charge is 0.254 e. The lowest BCUT2D eigenvalue weighted by Crippen LogP contribution is -2.33. The van der Waals surface area contributed by atoms with Gasteiger partial charge >= 0.3 is 0 Å². The van der Waals surface area contributed by atoms with Gasteiger partial charge in [0.05, 0.1) is 11.7 Å². The minimum atomic E-state index is -0.503. The quantitative estimate of drug-likeness (QED) is 0.731. The van der Waals surface area contributed by atoms with Gasteiger partial charge in [0.2, 0.25) is 5.95 Å². The lowest BCUT2D eigenvalue weighted by Gasteiger charge is -2.29. The molecule has 1 aromatic heterocycles. The second-order valence-electron chi connectivity index (χ2n) is 7.57. The fourth-order valence-corrected chi connectivity index (χ4v) is 3.92. The Morgan fingerprint density at radius 2 is 1.96 bits per heavy atom. The average molecular weight is 347 g/mol. The van der Waals surface area contributed by atoms with Crippen molar-refractivity contribution >= 4 is 17.7 Å². The standard InChI is InChI=1S/C18H29N5O2/c1-18(9-3-4-10-18)23-16-14(15(19)24)11-20-17(22-16)21-12-5-7-13(25-2)8-6-12/h11-13H,3-10H2,1-2H3,(H2,19,24)(H2,20,21,22,23). The SMILES string of the molecule is COC1CCC(Nc2ncc(C(N)=O)c(NC3(C)CCCC3)n2)CC1. The van der Waals surface area contributed by atoms with Crippen LogP contribution in [0.1, 0.15) is 68.6 Å². The van der Waals surface area contributed by atoms with Crippen molar-refractivity contribution in [3.63, 3.8) is 0 Å². The number of amides is 1. The summed E-state index contributed by atoms with van der Waals surface area (Å²) in [5.74, 6) is 0.589. The molecule has 0 spiro atoms. The van der Waals surface area contributed by atoms with E-state index in [4.69, 9.17) is 10.5 Å². The number of carbonyl (C=O) groups excluding carboxylic acids is 1. The van der Waals surface area contributed by atoms with E-state index in [1.807, 2.05) is 0 Å². The molecule has 25 heavy (non-hydrogen) atoms. The molecule has 0 bridgehead atoms. The van der Waals surface area contributed by atoms with Crippen molar-refractivity contribution in [3.05, 3.63) is 11.8 Å². The Hall–Kier alpha value is -1.89. The molecule has 0 aromatic carbocycles. The normalized spacial score (nSPS) is 25.5. The number of nitrogens with zero attached hydrogens (tertiary/aromatic N) is 2. The van der Waals surface area contributed by atoms with Gasteiger partial charge in [0.25, 0.3) is 5.91 Å². The van der Waals surface area contributed by atoms with Crippen molar-refractivity contribution < 1.29 is 9.53 Å². The van der Waals surface area contributed by atoms with Crippen LogP contribution >= 0.6 is 0 Å². The highest BCUT2D eigenvalue weighted by molar-refractivity contribution is 5.97. The number of nitrogens with two attached hydrogens (primary N) is 1. The Morgan fingerprint density at radius 1 is 1.28 bits per heavy atom. The van der Waals surface area contributed by atoms with Gasteiger partial charge in [0, 0.05) is 24.9 Å². The van der Waals surface area contributed by atoms with Gasteiger partial charge in [-0.3, -0.25) is 4.79 Å². The van der Waals surface area contributed by atoms with E-state index in [9.17, 15) is 4.79 Å². The Bertz CT molecular complexity index is 607. The van der Waals surface area contributed by atoms with E-state index in [0.717, 1.165) is 38.5 Å². The van der Waals surface area contributed by atoms with Gasteiger partial charge in [0.15, 0.2) is 0 Å². The molecule has 0 saturated heterocycles. The van der Waals surface area contributed by atoms with E-state index in [0.29, 0.717) is 29.5 Å². The number of methoxy groups -OCH3 is 1. The van der Waals surface area contributed by atoms with Crippen molar-refractivity contribution in [1.82, 2.24) is 9.97 Å². The van der Waals surface area contributed by atoms with Gasteiger partial charge in [-0.25, -0.2) is 4.98 Å². The molecule has 138 valence electrons. The molecule has 1 amide bonds. The third kappa shape index (κ3) is 4.39. The average Bonchev–Trinajstić information content (AvgIpc) is 3.01. The number of primary amides is 1. The largest absolute Gasteiger partial charge is 0.381 e. The summed E-state index contributed by atoms with van der Waals surface area (Å²) in [6.07, 6.45) is 10.5. The summed E-state index contributed by atoms with van der Waals surface area (Å²) < 4.78 is 5.42.